The molecule has 1 unspecified atom stereocenters. The van der Waals surface area contributed by atoms with Gasteiger partial charge in [-0.15, -0.1) is 0 Å². The summed E-state index contributed by atoms with van der Waals surface area (Å²) in [7, 11) is 0. The van der Waals surface area contributed by atoms with Crippen molar-refractivity contribution in [1.29, 1.82) is 0 Å². The smallest absolute Gasteiger partial charge is 0.119 e. The maximum atomic E-state index is 9.37. The lowest BCUT2D eigenvalue weighted by Gasteiger charge is -2.14. The highest BCUT2D eigenvalue weighted by Crippen LogP contribution is 2.26. The zero-order valence-corrected chi connectivity index (χ0v) is 8.46. The van der Waals surface area contributed by atoms with Crippen molar-refractivity contribution in [2.24, 2.45) is 0 Å². The van der Waals surface area contributed by atoms with Crippen molar-refractivity contribution in [3.05, 3.63) is 48.3 Å². The second kappa shape index (κ2) is 3.69. The molecule has 0 aliphatic rings. The van der Waals surface area contributed by atoms with E-state index in [-0.39, 0.29) is 17.5 Å². The van der Waals surface area contributed by atoms with E-state index in [0.717, 1.165) is 5.56 Å². The molecule has 2 rings (SSSR count). The molecule has 3 nitrogen and oxygen atoms in total. The number of nitrogens with zero attached hydrogens (tertiary/aromatic N) is 1. The molecule has 0 saturated heterocycles. The van der Waals surface area contributed by atoms with E-state index in [0.29, 0.717) is 0 Å². The largest absolute Gasteiger partial charge is 0.508 e. The van der Waals surface area contributed by atoms with Gasteiger partial charge in [-0.2, -0.15) is 0 Å². The number of phenolic OH excluding ortho intramolecular Hbond substituents is 2. The molecule has 1 atom stereocenters. The van der Waals surface area contributed by atoms with Gasteiger partial charge in [0, 0.05) is 18.5 Å². The van der Waals surface area contributed by atoms with Crippen LogP contribution in [0.4, 0.5) is 0 Å². The minimum atomic E-state index is 0.0870. The number of hydrogen-bond donors (Lipinski definition) is 2. The molecule has 0 aliphatic carbocycles. The fourth-order valence-electron chi connectivity index (χ4n) is 1.64. The summed E-state index contributed by atoms with van der Waals surface area (Å²) in [4.78, 5) is 0. The molecule has 2 N–H and O–H groups in total. The van der Waals surface area contributed by atoms with Crippen LogP contribution in [0, 0.1) is 0 Å². The van der Waals surface area contributed by atoms with E-state index in [2.05, 4.69) is 0 Å². The van der Waals surface area contributed by atoms with Crippen LogP contribution in [0.5, 0.6) is 11.5 Å². The van der Waals surface area contributed by atoms with Crippen molar-refractivity contribution >= 4 is 0 Å². The Labute approximate surface area is 88.2 Å². The molecule has 15 heavy (non-hydrogen) atoms. The summed E-state index contributed by atoms with van der Waals surface area (Å²) in [6, 6.07) is 8.62. The van der Waals surface area contributed by atoms with Gasteiger partial charge in [0.2, 0.25) is 0 Å². The Kier molecular flexibility index (Phi) is 2.37. The van der Waals surface area contributed by atoms with Crippen molar-refractivity contribution in [1.82, 2.24) is 4.57 Å². The molecule has 0 saturated carbocycles. The fraction of sp³-hybridized carbons (Fsp3) is 0.167. The van der Waals surface area contributed by atoms with Crippen LogP contribution >= 0.6 is 0 Å². The second-order valence-corrected chi connectivity index (χ2v) is 3.59. The van der Waals surface area contributed by atoms with E-state index in [1.165, 1.54) is 6.07 Å². The lowest BCUT2D eigenvalue weighted by atomic mass is 10.1. The van der Waals surface area contributed by atoms with Crippen LogP contribution in [0.25, 0.3) is 0 Å². The maximum absolute atomic E-state index is 9.37. The van der Waals surface area contributed by atoms with Crippen LogP contribution in [-0.2, 0) is 0 Å². The van der Waals surface area contributed by atoms with E-state index in [1.807, 2.05) is 36.0 Å². The molecule has 1 heterocycles. The number of aromatic hydroxyl groups is 2. The van der Waals surface area contributed by atoms with Gasteiger partial charge in [-0.1, -0.05) is 0 Å². The van der Waals surface area contributed by atoms with Crippen LogP contribution < -0.4 is 0 Å². The summed E-state index contributed by atoms with van der Waals surface area (Å²) < 4.78 is 2.01. The Balaban J connectivity index is 2.37. The minimum Gasteiger partial charge on any atom is -0.508 e. The topological polar surface area (TPSA) is 45.4 Å². The summed E-state index contributed by atoms with van der Waals surface area (Å²) in [6.07, 6.45) is 3.90. The highest BCUT2D eigenvalue weighted by Gasteiger charge is 2.08. The van der Waals surface area contributed by atoms with Crippen molar-refractivity contribution in [2.45, 2.75) is 13.0 Å². The lowest BCUT2D eigenvalue weighted by Crippen LogP contribution is -2.03. The van der Waals surface area contributed by atoms with Gasteiger partial charge in [-0.3, -0.25) is 0 Å². The number of rotatable bonds is 2. The van der Waals surface area contributed by atoms with Gasteiger partial charge in [-0.05, 0) is 36.8 Å². The van der Waals surface area contributed by atoms with Gasteiger partial charge in [0.25, 0.3) is 0 Å². The van der Waals surface area contributed by atoms with Crippen LogP contribution in [0.3, 0.4) is 0 Å². The summed E-state index contributed by atoms with van der Waals surface area (Å²) >= 11 is 0. The highest BCUT2D eigenvalue weighted by atomic mass is 16.3. The monoisotopic (exact) mass is 203 g/mol. The summed E-state index contributed by atoms with van der Waals surface area (Å²) in [5, 5.41) is 18.7. The Morgan fingerprint density at radius 3 is 2.07 bits per heavy atom. The SMILES string of the molecule is CC(c1cc(O)cc(O)c1)n1cccc1. The molecule has 1 aromatic carbocycles. The molecule has 0 aliphatic heterocycles. The Hall–Kier alpha value is -1.90. The molecular weight excluding hydrogens is 190 g/mol. The summed E-state index contributed by atoms with van der Waals surface area (Å²) in [6.45, 7) is 2.01. The first-order chi connectivity index (χ1) is 7.16. The zero-order chi connectivity index (χ0) is 10.8. The first kappa shape index (κ1) is 9.65. The summed E-state index contributed by atoms with van der Waals surface area (Å²) in [5.41, 5.74) is 0.878. The number of hydrogen-bond acceptors (Lipinski definition) is 2. The average Bonchev–Trinajstić information content (AvgIpc) is 2.67. The van der Waals surface area contributed by atoms with E-state index in [1.54, 1.807) is 12.1 Å². The second-order valence-electron chi connectivity index (χ2n) is 3.59. The van der Waals surface area contributed by atoms with Gasteiger partial charge in [0.1, 0.15) is 11.5 Å². The number of aromatic nitrogens is 1. The van der Waals surface area contributed by atoms with E-state index in [9.17, 15) is 10.2 Å². The standard InChI is InChI=1S/C12H13NO2/c1-9(13-4-2-3-5-13)10-6-11(14)8-12(15)7-10/h2-9,14-15H,1H3. The normalized spacial score (nSPS) is 12.6. The zero-order valence-electron chi connectivity index (χ0n) is 8.46. The highest BCUT2D eigenvalue weighted by molar-refractivity contribution is 5.38. The molecule has 0 amide bonds. The minimum absolute atomic E-state index is 0.0870. The van der Waals surface area contributed by atoms with Crippen LogP contribution in [0.2, 0.25) is 0 Å². The van der Waals surface area contributed by atoms with E-state index < -0.39 is 0 Å². The van der Waals surface area contributed by atoms with Gasteiger partial charge in [0.05, 0.1) is 6.04 Å². The molecule has 0 bridgehead atoms. The van der Waals surface area contributed by atoms with E-state index in [4.69, 9.17) is 0 Å². The van der Waals surface area contributed by atoms with Crippen molar-refractivity contribution in [3.63, 3.8) is 0 Å². The molecule has 0 radical (unpaired) electrons. The van der Waals surface area contributed by atoms with Gasteiger partial charge < -0.3 is 14.8 Å². The molecule has 1 aromatic heterocycles. The molecule has 0 spiro atoms. The first-order valence-electron chi connectivity index (χ1n) is 4.82. The Morgan fingerprint density at radius 1 is 1.00 bits per heavy atom. The molecular formula is C12H13NO2. The predicted molar refractivity (Wildman–Crippen MR) is 58.0 cm³/mol. The third-order valence-corrected chi connectivity index (χ3v) is 2.48. The summed E-state index contributed by atoms with van der Waals surface area (Å²) in [5.74, 6) is 0.174. The number of benzene rings is 1. The van der Waals surface area contributed by atoms with Crippen molar-refractivity contribution < 1.29 is 10.2 Å². The third-order valence-electron chi connectivity index (χ3n) is 2.48. The van der Waals surface area contributed by atoms with Crippen molar-refractivity contribution in [2.75, 3.05) is 0 Å². The lowest BCUT2D eigenvalue weighted by molar-refractivity contribution is 0.447. The average molecular weight is 203 g/mol. The fourth-order valence-corrected chi connectivity index (χ4v) is 1.64. The third kappa shape index (κ3) is 1.96. The quantitative estimate of drug-likeness (QED) is 0.787. The number of phenols is 2. The van der Waals surface area contributed by atoms with Crippen LogP contribution in [-0.4, -0.2) is 14.8 Å². The Morgan fingerprint density at radius 2 is 1.53 bits per heavy atom. The molecule has 3 heteroatoms. The molecule has 78 valence electrons. The van der Waals surface area contributed by atoms with Crippen LogP contribution in [0.15, 0.2) is 42.7 Å². The van der Waals surface area contributed by atoms with Crippen molar-refractivity contribution in [3.8, 4) is 11.5 Å². The van der Waals surface area contributed by atoms with Gasteiger partial charge >= 0.3 is 0 Å². The molecule has 0 fully saturated rings. The van der Waals surface area contributed by atoms with Crippen LogP contribution in [0.1, 0.15) is 18.5 Å². The Bertz CT molecular complexity index is 428. The predicted octanol–water partition coefficient (Wildman–Crippen LogP) is 2.51. The first-order valence-corrected chi connectivity index (χ1v) is 4.82. The van der Waals surface area contributed by atoms with E-state index >= 15 is 0 Å². The maximum Gasteiger partial charge on any atom is 0.119 e. The van der Waals surface area contributed by atoms with Gasteiger partial charge in [0.15, 0.2) is 0 Å². The van der Waals surface area contributed by atoms with Gasteiger partial charge in [-0.25, -0.2) is 0 Å². The molecule has 2 aromatic rings.